The van der Waals surface area contributed by atoms with Crippen LogP contribution in [0.4, 0.5) is 19.0 Å². The number of anilines is 1. The topological polar surface area (TPSA) is 84.6 Å². The fraction of sp³-hybridized carbons (Fsp3) is 0.538. The monoisotopic (exact) mass is 447 g/mol. The average Bonchev–Trinajstić information content (AvgIpc) is 2.43. The zero-order valence-corrected chi connectivity index (χ0v) is 15.2. The lowest BCUT2D eigenvalue weighted by Crippen LogP contribution is -2.40. The van der Waals surface area contributed by atoms with Gasteiger partial charge in [0.1, 0.15) is 5.82 Å². The first-order valence-corrected chi connectivity index (χ1v) is 6.66. The van der Waals surface area contributed by atoms with Crippen LogP contribution in [0, 0.1) is 0 Å². The van der Waals surface area contributed by atoms with Gasteiger partial charge < -0.3 is 21.1 Å². The van der Waals surface area contributed by atoms with Gasteiger partial charge in [0, 0.05) is 25.9 Å². The number of ether oxygens (including phenoxy) is 1. The highest BCUT2D eigenvalue weighted by atomic mass is 127. The summed E-state index contributed by atoms with van der Waals surface area (Å²) in [4.78, 5) is 7.70. The van der Waals surface area contributed by atoms with Gasteiger partial charge in [0.15, 0.2) is 5.96 Å². The second-order valence-electron chi connectivity index (χ2n) is 4.59. The van der Waals surface area contributed by atoms with Crippen LogP contribution in [0.5, 0.6) is 0 Å². The van der Waals surface area contributed by atoms with Crippen molar-refractivity contribution in [3.05, 3.63) is 23.9 Å². The molecule has 1 rings (SSSR count). The lowest BCUT2D eigenvalue weighted by atomic mass is 10.2. The number of guanidine groups is 1. The second-order valence-corrected chi connectivity index (χ2v) is 4.59. The molecule has 23 heavy (non-hydrogen) atoms. The van der Waals surface area contributed by atoms with Gasteiger partial charge in [-0.15, -0.1) is 24.0 Å². The van der Waals surface area contributed by atoms with E-state index in [4.69, 9.17) is 10.5 Å². The SMILES string of the molecule is COCC(C)NC(N)=NCCNc1ncccc1C(F)(F)F.I. The summed E-state index contributed by atoms with van der Waals surface area (Å²) in [6.07, 6.45) is -3.15. The van der Waals surface area contributed by atoms with E-state index in [1.54, 1.807) is 7.11 Å². The summed E-state index contributed by atoms with van der Waals surface area (Å²) < 4.78 is 43.2. The number of nitrogens with zero attached hydrogens (tertiary/aromatic N) is 2. The predicted molar refractivity (Wildman–Crippen MR) is 94.1 cm³/mol. The van der Waals surface area contributed by atoms with E-state index in [2.05, 4.69) is 20.6 Å². The molecule has 0 aliphatic heterocycles. The van der Waals surface area contributed by atoms with Crippen LogP contribution in [0.2, 0.25) is 0 Å². The summed E-state index contributed by atoms with van der Waals surface area (Å²) in [5.41, 5.74) is 4.84. The lowest BCUT2D eigenvalue weighted by Gasteiger charge is -2.14. The van der Waals surface area contributed by atoms with Gasteiger partial charge in [-0.1, -0.05) is 0 Å². The number of halogens is 4. The molecule has 1 atom stereocenters. The number of methoxy groups -OCH3 is 1. The summed E-state index contributed by atoms with van der Waals surface area (Å²) in [5, 5.41) is 5.50. The number of nitrogens with two attached hydrogens (primary N) is 1. The molecule has 6 nitrogen and oxygen atoms in total. The number of pyridine rings is 1. The molecule has 0 saturated carbocycles. The van der Waals surface area contributed by atoms with Gasteiger partial charge in [-0.25, -0.2) is 4.98 Å². The largest absolute Gasteiger partial charge is 0.419 e. The molecule has 1 aromatic heterocycles. The molecule has 0 saturated heterocycles. The number of aliphatic imine (C=N–C) groups is 1. The van der Waals surface area contributed by atoms with Crippen LogP contribution in [0.25, 0.3) is 0 Å². The summed E-state index contributed by atoms with van der Waals surface area (Å²) >= 11 is 0. The Morgan fingerprint density at radius 2 is 2.17 bits per heavy atom. The smallest absolute Gasteiger partial charge is 0.383 e. The van der Waals surface area contributed by atoms with Gasteiger partial charge in [-0.3, -0.25) is 4.99 Å². The fourth-order valence-electron chi connectivity index (χ4n) is 1.72. The fourth-order valence-corrected chi connectivity index (χ4v) is 1.72. The number of hydrogen-bond acceptors (Lipinski definition) is 4. The number of nitrogens with one attached hydrogen (secondary N) is 2. The van der Waals surface area contributed by atoms with Crippen molar-refractivity contribution in [3.8, 4) is 0 Å². The Morgan fingerprint density at radius 3 is 2.78 bits per heavy atom. The van der Waals surface area contributed by atoms with Crippen molar-refractivity contribution in [1.82, 2.24) is 10.3 Å². The summed E-state index contributed by atoms with van der Waals surface area (Å²) in [6.45, 7) is 2.73. The maximum Gasteiger partial charge on any atom is 0.419 e. The number of alkyl halides is 3. The van der Waals surface area contributed by atoms with Crippen LogP contribution in [0.15, 0.2) is 23.3 Å². The van der Waals surface area contributed by atoms with E-state index in [0.717, 1.165) is 6.07 Å². The highest BCUT2D eigenvalue weighted by Gasteiger charge is 2.33. The number of aromatic nitrogens is 1. The standard InChI is InChI=1S/C13H20F3N5O.HI/c1-9(8-22-2)21-12(17)20-7-6-19-11-10(13(14,15)16)4-3-5-18-11;/h3-5,9H,6-8H2,1-2H3,(H,18,19)(H3,17,20,21);1H. The Morgan fingerprint density at radius 1 is 1.48 bits per heavy atom. The van der Waals surface area contributed by atoms with Crippen molar-refractivity contribution in [2.75, 3.05) is 32.1 Å². The van der Waals surface area contributed by atoms with Crippen LogP contribution in [-0.2, 0) is 10.9 Å². The first-order chi connectivity index (χ1) is 10.3. The molecule has 0 amide bonds. The van der Waals surface area contributed by atoms with Gasteiger partial charge in [0.2, 0.25) is 0 Å². The van der Waals surface area contributed by atoms with Crippen molar-refractivity contribution in [1.29, 1.82) is 0 Å². The zero-order chi connectivity index (χ0) is 16.6. The van der Waals surface area contributed by atoms with Crippen LogP contribution < -0.4 is 16.4 Å². The Kier molecular flexibility index (Phi) is 9.88. The van der Waals surface area contributed by atoms with Crippen molar-refractivity contribution in [3.63, 3.8) is 0 Å². The summed E-state index contributed by atoms with van der Waals surface area (Å²) in [6, 6.07) is 2.21. The van der Waals surface area contributed by atoms with Crippen LogP contribution in [0.3, 0.4) is 0 Å². The minimum atomic E-state index is -4.45. The Balaban J connectivity index is 0.00000484. The Bertz CT molecular complexity index is 499. The van der Waals surface area contributed by atoms with Crippen molar-refractivity contribution in [2.24, 2.45) is 10.7 Å². The minimum Gasteiger partial charge on any atom is -0.383 e. The van der Waals surface area contributed by atoms with E-state index < -0.39 is 11.7 Å². The maximum absolute atomic E-state index is 12.8. The molecule has 0 radical (unpaired) electrons. The molecular formula is C13H21F3IN5O. The maximum atomic E-state index is 12.8. The molecule has 1 heterocycles. The third kappa shape index (κ3) is 8.21. The molecule has 1 unspecified atom stereocenters. The first kappa shape index (κ1) is 21.7. The van der Waals surface area contributed by atoms with Crippen LogP contribution in [-0.4, -0.2) is 43.8 Å². The number of hydrogen-bond donors (Lipinski definition) is 3. The molecule has 0 fully saturated rings. The van der Waals surface area contributed by atoms with Gasteiger partial charge in [0.05, 0.1) is 18.7 Å². The highest BCUT2D eigenvalue weighted by molar-refractivity contribution is 14.0. The molecule has 0 aliphatic rings. The molecule has 0 aliphatic carbocycles. The molecular weight excluding hydrogens is 426 g/mol. The molecule has 0 bridgehead atoms. The molecule has 0 aromatic carbocycles. The molecule has 1 aromatic rings. The molecule has 0 spiro atoms. The normalized spacial score (nSPS) is 13.2. The van der Waals surface area contributed by atoms with Gasteiger partial charge in [-0.2, -0.15) is 13.2 Å². The molecule has 4 N–H and O–H groups in total. The second kappa shape index (κ2) is 10.5. The molecule has 10 heteroatoms. The van der Waals surface area contributed by atoms with Crippen LogP contribution >= 0.6 is 24.0 Å². The first-order valence-electron chi connectivity index (χ1n) is 6.66. The molecule has 132 valence electrons. The third-order valence-corrected chi connectivity index (χ3v) is 2.61. The summed E-state index contributed by atoms with van der Waals surface area (Å²) in [7, 11) is 1.57. The Labute approximate surface area is 150 Å². The van der Waals surface area contributed by atoms with Crippen molar-refractivity contribution in [2.45, 2.75) is 19.1 Å². The zero-order valence-electron chi connectivity index (χ0n) is 12.9. The Hall–Kier alpha value is -1.30. The van der Waals surface area contributed by atoms with Crippen molar-refractivity contribution >= 4 is 35.8 Å². The minimum absolute atomic E-state index is 0. The van der Waals surface area contributed by atoms with Gasteiger partial charge in [0.25, 0.3) is 0 Å². The van der Waals surface area contributed by atoms with Gasteiger partial charge >= 0.3 is 6.18 Å². The average molecular weight is 447 g/mol. The van der Waals surface area contributed by atoms with E-state index in [-0.39, 0.29) is 54.9 Å². The van der Waals surface area contributed by atoms with Gasteiger partial charge in [-0.05, 0) is 19.1 Å². The quantitative estimate of drug-likeness (QED) is 0.258. The third-order valence-electron chi connectivity index (χ3n) is 2.61. The van der Waals surface area contributed by atoms with Crippen molar-refractivity contribution < 1.29 is 17.9 Å². The van der Waals surface area contributed by atoms with Crippen LogP contribution in [0.1, 0.15) is 12.5 Å². The van der Waals surface area contributed by atoms with E-state index in [1.807, 2.05) is 6.92 Å². The van der Waals surface area contributed by atoms with E-state index in [9.17, 15) is 13.2 Å². The van der Waals surface area contributed by atoms with E-state index in [1.165, 1.54) is 12.3 Å². The summed E-state index contributed by atoms with van der Waals surface area (Å²) in [5.74, 6) is -0.00658. The lowest BCUT2D eigenvalue weighted by molar-refractivity contribution is -0.137. The van der Waals surface area contributed by atoms with E-state index in [0.29, 0.717) is 6.61 Å². The number of rotatable bonds is 7. The highest BCUT2D eigenvalue weighted by Crippen LogP contribution is 2.33. The van der Waals surface area contributed by atoms with E-state index >= 15 is 0 Å². The predicted octanol–water partition coefficient (Wildman–Crippen LogP) is 2.07.